The predicted molar refractivity (Wildman–Crippen MR) is 77.9 cm³/mol. The van der Waals surface area contributed by atoms with Gasteiger partial charge in [-0.1, -0.05) is 18.8 Å². The van der Waals surface area contributed by atoms with Crippen molar-refractivity contribution < 1.29 is 9.90 Å². The molecule has 1 aromatic heterocycles. The van der Waals surface area contributed by atoms with Crippen molar-refractivity contribution in [3.63, 3.8) is 0 Å². The monoisotopic (exact) mass is 280 g/mol. The molecular weight excluding hydrogens is 260 g/mol. The van der Waals surface area contributed by atoms with Crippen molar-refractivity contribution in [3.8, 4) is 11.8 Å². The van der Waals surface area contributed by atoms with Gasteiger partial charge in [0.2, 0.25) is 5.91 Å². The van der Waals surface area contributed by atoms with Crippen LogP contribution in [0.25, 0.3) is 0 Å². The maximum atomic E-state index is 11.4. The van der Waals surface area contributed by atoms with Gasteiger partial charge in [-0.2, -0.15) is 0 Å². The second kappa shape index (κ2) is 8.70. The van der Waals surface area contributed by atoms with Gasteiger partial charge >= 0.3 is 0 Å². The van der Waals surface area contributed by atoms with E-state index in [2.05, 4.69) is 29.0 Å². The molecule has 1 heterocycles. The van der Waals surface area contributed by atoms with Crippen LogP contribution in [0.1, 0.15) is 23.8 Å². The fourth-order valence-corrected chi connectivity index (χ4v) is 2.56. The van der Waals surface area contributed by atoms with E-state index in [1.54, 1.807) is 18.4 Å². The van der Waals surface area contributed by atoms with Crippen molar-refractivity contribution in [3.05, 3.63) is 21.9 Å². The largest absolute Gasteiger partial charge is 0.384 e. The first-order valence-corrected chi connectivity index (χ1v) is 7.17. The number of carbonyl (C=O) groups excluding carboxylic acids is 1. The summed E-state index contributed by atoms with van der Waals surface area (Å²) in [5.41, 5.74) is 0.922. The maximum absolute atomic E-state index is 11.4. The molecule has 0 unspecified atom stereocenters. The van der Waals surface area contributed by atoms with E-state index in [9.17, 15) is 4.79 Å². The van der Waals surface area contributed by atoms with Crippen LogP contribution in [0.3, 0.4) is 0 Å². The van der Waals surface area contributed by atoms with Crippen molar-refractivity contribution >= 4 is 17.2 Å². The Balaban J connectivity index is 2.62. The molecule has 104 valence electrons. The highest BCUT2D eigenvalue weighted by molar-refractivity contribution is 7.10. The predicted octanol–water partition coefficient (Wildman–Crippen LogP) is 1.05. The first-order chi connectivity index (χ1) is 9.19. The van der Waals surface area contributed by atoms with E-state index in [1.807, 2.05) is 11.4 Å². The van der Waals surface area contributed by atoms with Crippen LogP contribution in [-0.4, -0.2) is 42.7 Å². The number of hydrogen-bond donors (Lipinski definition) is 2. The summed E-state index contributed by atoms with van der Waals surface area (Å²) in [7, 11) is 1.65. The zero-order valence-corrected chi connectivity index (χ0v) is 12.2. The number of amides is 1. The molecule has 0 aliphatic rings. The fourth-order valence-electron chi connectivity index (χ4n) is 1.70. The minimum Gasteiger partial charge on any atom is -0.384 e. The number of hydrogen-bond acceptors (Lipinski definition) is 4. The van der Waals surface area contributed by atoms with Gasteiger partial charge in [-0.05, 0) is 19.0 Å². The molecule has 19 heavy (non-hydrogen) atoms. The number of rotatable bonds is 6. The molecule has 0 saturated carbocycles. The Bertz CT molecular complexity index is 460. The van der Waals surface area contributed by atoms with Gasteiger partial charge in [-0.15, -0.1) is 11.3 Å². The molecule has 1 rings (SSSR count). The summed E-state index contributed by atoms with van der Waals surface area (Å²) in [6, 6.07) is 2.01. The number of thiophene rings is 1. The Kier molecular flexibility index (Phi) is 7.19. The van der Waals surface area contributed by atoms with Gasteiger partial charge in [0.05, 0.1) is 6.54 Å². The van der Waals surface area contributed by atoms with Gasteiger partial charge in [0.1, 0.15) is 6.61 Å². The number of likely N-dealkylation sites (N-methyl/N-ethyl adjacent to an activating group) is 1. The summed E-state index contributed by atoms with van der Waals surface area (Å²) in [5.74, 6) is 5.55. The van der Waals surface area contributed by atoms with Crippen LogP contribution in [0.4, 0.5) is 0 Å². The lowest BCUT2D eigenvalue weighted by atomic mass is 10.3. The first-order valence-electron chi connectivity index (χ1n) is 6.29. The third-order valence-electron chi connectivity index (χ3n) is 2.53. The Morgan fingerprint density at radius 2 is 2.37 bits per heavy atom. The zero-order valence-electron chi connectivity index (χ0n) is 11.4. The molecule has 0 radical (unpaired) electrons. The number of carbonyl (C=O) groups is 1. The average molecular weight is 280 g/mol. The topological polar surface area (TPSA) is 52.6 Å². The van der Waals surface area contributed by atoms with Gasteiger partial charge in [-0.3, -0.25) is 9.69 Å². The lowest BCUT2D eigenvalue weighted by Crippen LogP contribution is -2.35. The van der Waals surface area contributed by atoms with E-state index in [0.29, 0.717) is 6.54 Å². The SMILES string of the molecule is CCCN(CC(=O)NC)Cc1cc(C#CCO)cs1. The highest BCUT2D eigenvalue weighted by atomic mass is 32.1. The molecule has 2 N–H and O–H groups in total. The molecule has 0 fully saturated rings. The molecule has 0 aliphatic carbocycles. The number of aliphatic hydroxyl groups is 1. The van der Waals surface area contributed by atoms with Gasteiger partial charge in [-0.25, -0.2) is 0 Å². The van der Waals surface area contributed by atoms with Crippen LogP contribution in [0.2, 0.25) is 0 Å². The summed E-state index contributed by atoms with van der Waals surface area (Å²) >= 11 is 1.63. The highest BCUT2D eigenvalue weighted by Crippen LogP contribution is 2.16. The number of nitrogens with one attached hydrogen (secondary N) is 1. The van der Waals surface area contributed by atoms with Crippen LogP contribution in [-0.2, 0) is 11.3 Å². The summed E-state index contributed by atoms with van der Waals surface area (Å²) in [4.78, 5) is 14.7. The lowest BCUT2D eigenvalue weighted by molar-refractivity contribution is -0.121. The summed E-state index contributed by atoms with van der Waals surface area (Å²) in [6.07, 6.45) is 1.01. The Labute approximate surface area is 118 Å². The number of aliphatic hydroxyl groups excluding tert-OH is 1. The maximum Gasteiger partial charge on any atom is 0.233 e. The minimum atomic E-state index is -0.121. The second-order valence-corrected chi connectivity index (χ2v) is 5.14. The van der Waals surface area contributed by atoms with E-state index in [4.69, 9.17) is 5.11 Å². The smallest absolute Gasteiger partial charge is 0.233 e. The molecule has 0 bridgehead atoms. The van der Waals surface area contributed by atoms with E-state index in [1.165, 1.54) is 4.88 Å². The molecule has 0 aromatic carbocycles. The number of nitrogens with zero attached hydrogens (tertiary/aromatic N) is 1. The van der Waals surface area contributed by atoms with Crippen LogP contribution in [0.5, 0.6) is 0 Å². The summed E-state index contributed by atoms with van der Waals surface area (Å²) in [5, 5.41) is 13.3. The van der Waals surface area contributed by atoms with Crippen molar-refractivity contribution in [2.75, 3.05) is 26.7 Å². The van der Waals surface area contributed by atoms with E-state index in [-0.39, 0.29) is 12.5 Å². The Hall–Kier alpha value is -1.35. The van der Waals surface area contributed by atoms with E-state index < -0.39 is 0 Å². The standard InChI is InChI=1S/C14H20N2O2S/c1-3-6-16(10-14(18)15-2)9-13-8-12(11-19-13)5-4-7-17/h8,11,17H,3,6-7,9-10H2,1-2H3,(H,15,18). The van der Waals surface area contributed by atoms with Gasteiger partial charge in [0.15, 0.2) is 0 Å². The summed E-state index contributed by atoms with van der Waals surface area (Å²) < 4.78 is 0. The zero-order chi connectivity index (χ0) is 14.1. The normalized spacial score (nSPS) is 10.1. The molecular formula is C14H20N2O2S. The third kappa shape index (κ3) is 5.88. The molecule has 0 spiro atoms. The van der Waals surface area contributed by atoms with Crippen LogP contribution >= 0.6 is 11.3 Å². The molecule has 0 atom stereocenters. The van der Waals surface area contributed by atoms with E-state index >= 15 is 0 Å². The lowest BCUT2D eigenvalue weighted by Gasteiger charge is -2.19. The molecule has 0 aliphatic heterocycles. The molecule has 4 nitrogen and oxygen atoms in total. The third-order valence-corrected chi connectivity index (χ3v) is 3.45. The highest BCUT2D eigenvalue weighted by Gasteiger charge is 2.10. The molecule has 1 aromatic rings. The van der Waals surface area contributed by atoms with Crippen LogP contribution in [0.15, 0.2) is 11.4 Å². The van der Waals surface area contributed by atoms with Crippen molar-refractivity contribution in [2.45, 2.75) is 19.9 Å². The molecule has 0 saturated heterocycles. The Morgan fingerprint density at radius 3 is 3.00 bits per heavy atom. The van der Waals surface area contributed by atoms with Crippen molar-refractivity contribution in [1.82, 2.24) is 10.2 Å². The first kappa shape index (κ1) is 15.7. The van der Waals surface area contributed by atoms with Crippen molar-refractivity contribution in [2.24, 2.45) is 0 Å². The summed E-state index contributed by atoms with van der Waals surface area (Å²) in [6.45, 7) is 4.04. The van der Waals surface area contributed by atoms with Gasteiger partial charge < -0.3 is 10.4 Å². The quantitative estimate of drug-likeness (QED) is 0.766. The van der Waals surface area contributed by atoms with Crippen LogP contribution < -0.4 is 5.32 Å². The molecule has 5 heteroatoms. The van der Waals surface area contributed by atoms with Crippen LogP contribution in [0, 0.1) is 11.8 Å². The fraction of sp³-hybridized carbons (Fsp3) is 0.500. The van der Waals surface area contributed by atoms with Gasteiger partial charge in [0, 0.05) is 29.4 Å². The van der Waals surface area contributed by atoms with Crippen molar-refractivity contribution in [1.29, 1.82) is 0 Å². The van der Waals surface area contributed by atoms with E-state index in [0.717, 1.165) is 25.1 Å². The second-order valence-electron chi connectivity index (χ2n) is 4.15. The Morgan fingerprint density at radius 1 is 1.58 bits per heavy atom. The average Bonchev–Trinajstić information content (AvgIpc) is 2.84. The minimum absolute atomic E-state index is 0.0327. The van der Waals surface area contributed by atoms with Gasteiger partial charge in [0.25, 0.3) is 0 Å². The molecule has 1 amide bonds.